The Morgan fingerprint density at radius 3 is 2.67 bits per heavy atom. The molecule has 1 heterocycles. The van der Waals surface area contributed by atoms with E-state index in [1.54, 1.807) is 11.8 Å². The van der Waals surface area contributed by atoms with E-state index in [-0.39, 0.29) is 0 Å². The van der Waals surface area contributed by atoms with Gasteiger partial charge in [0.25, 0.3) is 0 Å². The molecule has 0 aliphatic heterocycles. The van der Waals surface area contributed by atoms with Gasteiger partial charge in [-0.25, -0.2) is 0 Å². The molecule has 2 rings (SSSR count). The smallest absolute Gasteiger partial charge is 0.221 e. The molecule has 0 amide bonds. The third-order valence-corrected chi connectivity index (χ3v) is 2.74. The first-order chi connectivity index (χ1) is 7.28. The van der Waals surface area contributed by atoms with Gasteiger partial charge < -0.3 is 9.63 Å². The van der Waals surface area contributed by atoms with Crippen LogP contribution >= 0.6 is 11.8 Å². The Morgan fingerprint density at radius 1 is 1.40 bits per heavy atom. The Morgan fingerprint density at radius 2 is 2.13 bits per heavy atom. The number of rotatable bonds is 3. The van der Waals surface area contributed by atoms with Crippen LogP contribution in [0.15, 0.2) is 39.9 Å². The first kappa shape index (κ1) is 10.0. The minimum atomic E-state index is -0.421. The Kier molecular flexibility index (Phi) is 2.91. The summed E-state index contributed by atoms with van der Waals surface area (Å²) in [6, 6.07) is 8.10. The summed E-state index contributed by atoms with van der Waals surface area (Å²) in [6.45, 7) is 0.556. The fraction of sp³-hybridized carbons (Fsp3) is 0.200. The highest BCUT2D eigenvalue weighted by atomic mass is 32.2. The molecule has 15 heavy (non-hydrogen) atoms. The zero-order valence-corrected chi connectivity index (χ0v) is 9.03. The predicted molar refractivity (Wildman–Crippen MR) is 53.5 cm³/mol. The average molecular weight is 222 g/mol. The number of benzene rings is 1. The van der Waals surface area contributed by atoms with Crippen molar-refractivity contribution < 1.29 is 14.3 Å². The average Bonchev–Trinajstić information content (AvgIpc) is 2.65. The van der Waals surface area contributed by atoms with Crippen molar-refractivity contribution in [2.24, 2.45) is 0 Å². The fourth-order valence-electron chi connectivity index (χ4n) is 1.25. The molecule has 0 aliphatic rings. The summed E-state index contributed by atoms with van der Waals surface area (Å²) in [5.74, 6) is -0.421. The lowest BCUT2D eigenvalue weighted by Gasteiger charge is -1.96. The van der Waals surface area contributed by atoms with Crippen LogP contribution in [0.2, 0.25) is 0 Å². The summed E-state index contributed by atoms with van der Waals surface area (Å²) in [4.78, 5) is 1.22. The van der Waals surface area contributed by atoms with Gasteiger partial charge in [0.05, 0.1) is 5.27 Å². The Balaban J connectivity index is 2.11. The summed E-state index contributed by atoms with van der Waals surface area (Å²) in [5.41, 5.74) is 1.09. The van der Waals surface area contributed by atoms with E-state index in [9.17, 15) is 5.11 Å². The minimum absolute atomic E-state index is 0.421. The van der Waals surface area contributed by atoms with Crippen LogP contribution in [0.5, 0.6) is 5.95 Å². The highest BCUT2D eigenvalue weighted by Gasteiger charge is 2.05. The summed E-state index contributed by atoms with van der Waals surface area (Å²) in [7, 11) is 0. The molecule has 0 atom stereocenters. The SMILES string of the molecule is CSc1ccc(C[n+]2cc([O-])on2)cc1. The molecule has 1 aromatic carbocycles. The van der Waals surface area contributed by atoms with E-state index < -0.39 is 5.95 Å². The largest absolute Gasteiger partial charge is 0.539 e. The van der Waals surface area contributed by atoms with Crippen molar-refractivity contribution in [3.8, 4) is 5.95 Å². The van der Waals surface area contributed by atoms with Crippen molar-refractivity contribution in [1.29, 1.82) is 0 Å². The van der Waals surface area contributed by atoms with Crippen LogP contribution in [-0.4, -0.2) is 11.5 Å². The van der Waals surface area contributed by atoms with Crippen LogP contribution < -0.4 is 9.79 Å². The van der Waals surface area contributed by atoms with E-state index >= 15 is 0 Å². The molecule has 5 heteroatoms. The second kappa shape index (κ2) is 4.35. The number of aromatic nitrogens is 2. The molecular weight excluding hydrogens is 212 g/mol. The standard InChI is InChI=1S/C10H10N2O2S/c1-15-9-4-2-8(3-5-9)6-12-7-10(13)14-11-12/h2-5,7H,6H2,1H3. The molecule has 0 bridgehead atoms. The van der Waals surface area contributed by atoms with Crippen molar-refractivity contribution in [3.63, 3.8) is 0 Å². The minimum Gasteiger partial charge on any atom is -0.539 e. The van der Waals surface area contributed by atoms with Crippen molar-refractivity contribution in [2.45, 2.75) is 11.4 Å². The molecule has 2 aromatic rings. The Hall–Kier alpha value is -1.49. The Bertz CT molecular complexity index is 439. The van der Waals surface area contributed by atoms with Crippen LogP contribution in [0.1, 0.15) is 5.56 Å². The molecule has 0 saturated carbocycles. The van der Waals surface area contributed by atoms with Crippen molar-refractivity contribution in [1.82, 2.24) is 5.27 Å². The lowest BCUT2D eigenvalue weighted by atomic mass is 10.2. The lowest BCUT2D eigenvalue weighted by molar-refractivity contribution is -0.754. The second-order valence-corrected chi connectivity index (χ2v) is 3.95. The molecule has 1 aromatic heterocycles. The molecule has 0 saturated heterocycles. The lowest BCUT2D eigenvalue weighted by Crippen LogP contribution is -2.35. The van der Waals surface area contributed by atoms with Crippen LogP contribution in [0.4, 0.5) is 0 Å². The zero-order chi connectivity index (χ0) is 10.7. The molecule has 0 unspecified atom stereocenters. The molecule has 0 radical (unpaired) electrons. The molecule has 0 N–H and O–H groups in total. The van der Waals surface area contributed by atoms with E-state index in [0.717, 1.165) is 5.56 Å². The maximum atomic E-state index is 10.7. The van der Waals surface area contributed by atoms with Gasteiger partial charge in [-0.3, -0.25) is 0 Å². The van der Waals surface area contributed by atoms with Crippen LogP contribution in [0.3, 0.4) is 0 Å². The van der Waals surface area contributed by atoms with E-state index in [2.05, 4.69) is 9.79 Å². The zero-order valence-electron chi connectivity index (χ0n) is 8.21. The van der Waals surface area contributed by atoms with Crippen molar-refractivity contribution >= 4 is 11.8 Å². The van der Waals surface area contributed by atoms with Gasteiger partial charge in [-0.1, -0.05) is 16.8 Å². The molecule has 4 nitrogen and oxygen atoms in total. The fourth-order valence-corrected chi connectivity index (χ4v) is 1.66. The normalized spacial score (nSPS) is 10.5. The van der Waals surface area contributed by atoms with Crippen LogP contribution in [0, 0.1) is 0 Å². The van der Waals surface area contributed by atoms with E-state index in [0.29, 0.717) is 6.54 Å². The predicted octanol–water partition coefficient (Wildman–Crippen LogP) is 0.806. The van der Waals surface area contributed by atoms with Gasteiger partial charge in [0, 0.05) is 10.5 Å². The van der Waals surface area contributed by atoms with E-state index in [4.69, 9.17) is 0 Å². The molecule has 0 aliphatic carbocycles. The summed E-state index contributed by atoms with van der Waals surface area (Å²) in [6.07, 6.45) is 3.37. The third-order valence-electron chi connectivity index (χ3n) is 1.99. The van der Waals surface area contributed by atoms with Gasteiger partial charge in [-0.05, 0) is 18.4 Å². The van der Waals surface area contributed by atoms with Crippen LogP contribution in [-0.2, 0) is 6.54 Å². The van der Waals surface area contributed by atoms with Crippen LogP contribution in [0.25, 0.3) is 0 Å². The van der Waals surface area contributed by atoms with Gasteiger partial charge in [-0.2, -0.15) is 0 Å². The van der Waals surface area contributed by atoms with Gasteiger partial charge >= 0.3 is 0 Å². The van der Waals surface area contributed by atoms with Gasteiger partial charge in [-0.15, -0.1) is 11.8 Å². The molecule has 0 spiro atoms. The summed E-state index contributed by atoms with van der Waals surface area (Å²) < 4.78 is 5.92. The van der Waals surface area contributed by atoms with E-state index in [1.165, 1.54) is 15.8 Å². The van der Waals surface area contributed by atoms with Gasteiger partial charge in [0.2, 0.25) is 12.7 Å². The Labute approximate surface area is 91.5 Å². The van der Waals surface area contributed by atoms with Crippen molar-refractivity contribution in [3.05, 3.63) is 36.0 Å². The first-order valence-electron chi connectivity index (χ1n) is 4.44. The van der Waals surface area contributed by atoms with Gasteiger partial charge in [0.1, 0.15) is 5.95 Å². The maximum absolute atomic E-state index is 10.7. The number of hydrogen-bond donors (Lipinski definition) is 0. The maximum Gasteiger partial charge on any atom is 0.221 e. The highest BCUT2D eigenvalue weighted by Crippen LogP contribution is 2.14. The third kappa shape index (κ3) is 2.50. The molecule has 78 valence electrons. The monoisotopic (exact) mass is 222 g/mol. The number of thioether (sulfide) groups is 1. The summed E-state index contributed by atoms with van der Waals surface area (Å²) in [5, 5.41) is 14.3. The highest BCUT2D eigenvalue weighted by molar-refractivity contribution is 7.98. The number of hydrogen-bond acceptors (Lipinski definition) is 4. The molecule has 0 fully saturated rings. The summed E-state index contributed by atoms with van der Waals surface area (Å²) >= 11 is 1.70. The van der Waals surface area contributed by atoms with Gasteiger partial charge in [0.15, 0.2) is 0 Å². The van der Waals surface area contributed by atoms with Crippen molar-refractivity contribution in [2.75, 3.05) is 6.26 Å². The van der Waals surface area contributed by atoms with E-state index in [1.807, 2.05) is 30.5 Å². The number of nitrogens with zero attached hydrogens (tertiary/aromatic N) is 2. The molecular formula is C10H10N2O2S. The quantitative estimate of drug-likeness (QED) is 0.569. The first-order valence-corrected chi connectivity index (χ1v) is 5.67. The topological polar surface area (TPSA) is 53.0 Å². The second-order valence-electron chi connectivity index (χ2n) is 3.07.